The average Bonchev–Trinajstić information content (AvgIpc) is 2.57. The van der Waals surface area contributed by atoms with E-state index in [0.29, 0.717) is 21.8 Å². The average molecular weight is 337 g/mol. The van der Waals surface area contributed by atoms with Gasteiger partial charge in [-0.05, 0) is 39.2 Å². The minimum atomic E-state index is -0.0993. The molecule has 1 aromatic heterocycles. The maximum atomic E-state index is 12.7. The molecule has 0 atom stereocenters. The van der Waals surface area contributed by atoms with Crippen molar-refractivity contribution in [3.8, 4) is 0 Å². The van der Waals surface area contributed by atoms with Crippen LogP contribution in [0.25, 0.3) is 11.6 Å². The van der Waals surface area contributed by atoms with Crippen LogP contribution in [-0.2, 0) is 0 Å². The van der Waals surface area contributed by atoms with Crippen molar-refractivity contribution in [3.05, 3.63) is 32.2 Å². The molecule has 2 rings (SSSR count). The second kappa shape index (κ2) is 8.18. The second-order valence-electron chi connectivity index (χ2n) is 6.01. The van der Waals surface area contributed by atoms with Crippen LogP contribution < -0.4 is 16.1 Å². The Kier molecular flexibility index (Phi) is 6.50. The Morgan fingerprint density at radius 1 is 1.43 bits per heavy atom. The third-order valence-corrected chi connectivity index (χ3v) is 5.45. The summed E-state index contributed by atoms with van der Waals surface area (Å²) in [4.78, 5) is 12.7. The van der Waals surface area contributed by atoms with Gasteiger partial charge in [-0.25, -0.2) is 0 Å². The molecule has 0 saturated carbocycles. The van der Waals surface area contributed by atoms with Crippen molar-refractivity contribution < 1.29 is 9.52 Å². The lowest BCUT2D eigenvalue weighted by Crippen LogP contribution is -2.43. The minimum absolute atomic E-state index is 0.0295. The minimum Gasteiger partial charge on any atom is -0.460 e. The van der Waals surface area contributed by atoms with Gasteiger partial charge in [-0.2, -0.15) is 0 Å². The van der Waals surface area contributed by atoms with Gasteiger partial charge in [0.05, 0.1) is 11.8 Å². The van der Waals surface area contributed by atoms with E-state index in [1.807, 2.05) is 32.7 Å². The van der Waals surface area contributed by atoms with Gasteiger partial charge in [0.15, 0.2) is 5.43 Å². The first-order valence-electron chi connectivity index (χ1n) is 8.31. The van der Waals surface area contributed by atoms with Gasteiger partial charge in [-0.3, -0.25) is 9.10 Å². The highest BCUT2D eigenvalue weighted by Crippen LogP contribution is 2.30. The summed E-state index contributed by atoms with van der Waals surface area (Å²) < 4.78 is 8.54. The molecule has 0 radical (unpaired) electrons. The fourth-order valence-corrected chi connectivity index (χ4v) is 3.96. The fraction of sp³-hybridized carbons (Fsp3) is 0.611. The summed E-state index contributed by atoms with van der Waals surface area (Å²) in [5.41, 5.74) is 2.00. The van der Waals surface area contributed by atoms with Gasteiger partial charge in [0.25, 0.3) is 0 Å². The maximum Gasteiger partial charge on any atom is 0.195 e. The number of rotatable bonds is 4. The Labute approximate surface area is 142 Å². The van der Waals surface area contributed by atoms with E-state index in [-0.39, 0.29) is 18.0 Å². The van der Waals surface area contributed by atoms with Crippen molar-refractivity contribution in [1.82, 2.24) is 4.31 Å². The molecule has 4 nitrogen and oxygen atoms in total. The van der Waals surface area contributed by atoms with Gasteiger partial charge >= 0.3 is 0 Å². The van der Waals surface area contributed by atoms with E-state index in [0.717, 1.165) is 37.4 Å². The summed E-state index contributed by atoms with van der Waals surface area (Å²) in [7, 11) is 0. The molecule has 23 heavy (non-hydrogen) atoms. The normalized spacial score (nSPS) is 19.3. The van der Waals surface area contributed by atoms with E-state index in [9.17, 15) is 9.90 Å². The lowest BCUT2D eigenvalue weighted by molar-refractivity contribution is 0.300. The monoisotopic (exact) mass is 337 g/mol. The van der Waals surface area contributed by atoms with Crippen molar-refractivity contribution in [2.24, 2.45) is 0 Å². The van der Waals surface area contributed by atoms with Crippen LogP contribution in [0.15, 0.2) is 9.21 Å². The smallest absolute Gasteiger partial charge is 0.195 e. The molecule has 1 saturated heterocycles. The van der Waals surface area contributed by atoms with Crippen LogP contribution in [-0.4, -0.2) is 34.9 Å². The van der Waals surface area contributed by atoms with Crippen LogP contribution in [0.2, 0.25) is 0 Å². The molecule has 1 fully saturated rings. The van der Waals surface area contributed by atoms with Crippen molar-refractivity contribution >= 4 is 23.6 Å². The lowest BCUT2D eigenvalue weighted by atomic mass is 9.92. The van der Waals surface area contributed by atoms with Gasteiger partial charge in [0, 0.05) is 30.3 Å². The standard InChI is InChI=1S/C18H27NO3S/c1-5-15-16(21)13(4)18(22-17(15)12(3)11-20)14-7-9-19(10-8-14)23-6-2/h5,14,20H,6-11H2,1-4H3/b15-5-,17-12+. The maximum absolute atomic E-state index is 12.7. The van der Waals surface area contributed by atoms with Crippen LogP contribution >= 0.6 is 11.9 Å². The molecular formula is C18H27NO3S. The number of aliphatic hydroxyl groups excluding tert-OH is 1. The highest BCUT2D eigenvalue weighted by Gasteiger charge is 2.25. The quantitative estimate of drug-likeness (QED) is 0.849. The summed E-state index contributed by atoms with van der Waals surface area (Å²) in [6.07, 6.45) is 3.78. The Morgan fingerprint density at radius 2 is 2.09 bits per heavy atom. The van der Waals surface area contributed by atoms with Gasteiger partial charge < -0.3 is 9.52 Å². The number of aliphatic hydroxyl groups is 1. The lowest BCUT2D eigenvalue weighted by Gasteiger charge is -2.30. The number of hydrogen-bond acceptors (Lipinski definition) is 5. The molecule has 1 N–H and O–H groups in total. The van der Waals surface area contributed by atoms with Crippen molar-refractivity contribution in [3.63, 3.8) is 0 Å². The van der Waals surface area contributed by atoms with Crippen LogP contribution in [0.3, 0.4) is 0 Å². The highest BCUT2D eigenvalue weighted by atomic mass is 32.2. The third kappa shape index (κ3) is 3.90. The first kappa shape index (κ1) is 18.3. The SMILES string of the molecule is C/C=c1/c(=O)c(C)c(C2CCN(SCC)CC2)o/c1=C(\C)CO. The Bertz CT molecular complexity index is 715. The van der Waals surface area contributed by atoms with Crippen LogP contribution in [0.5, 0.6) is 0 Å². The van der Waals surface area contributed by atoms with Crippen molar-refractivity contribution in [2.75, 3.05) is 25.4 Å². The molecule has 1 aliphatic heterocycles. The summed E-state index contributed by atoms with van der Waals surface area (Å²) in [6.45, 7) is 9.61. The van der Waals surface area contributed by atoms with E-state index in [4.69, 9.17) is 4.42 Å². The van der Waals surface area contributed by atoms with Gasteiger partial charge in [0.1, 0.15) is 11.2 Å². The predicted octanol–water partition coefficient (Wildman–Crippen LogP) is 1.76. The molecule has 128 valence electrons. The summed E-state index contributed by atoms with van der Waals surface area (Å²) in [6, 6.07) is 0. The van der Waals surface area contributed by atoms with Crippen LogP contribution in [0.4, 0.5) is 0 Å². The largest absolute Gasteiger partial charge is 0.460 e. The van der Waals surface area contributed by atoms with Gasteiger partial charge in [-0.15, -0.1) is 0 Å². The molecule has 0 unspecified atom stereocenters. The van der Waals surface area contributed by atoms with Gasteiger partial charge in [-0.1, -0.05) is 24.9 Å². The van der Waals surface area contributed by atoms with Crippen LogP contribution in [0.1, 0.15) is 50.9 Å². The zero-order chi connectivity index (χ0) is 17.0. The Hall–Kier alpha value is -1.04. The molecule has 0 aliphatic carbocycles. The van der Waals surface area contributed by atoms with Gasteiger partial charge in [0.2, 0.25) is 0 Å². The zero-order valence-corrected chi connectivity index (χ0v) is 15.3. The van der Waals surface area contributed by atoms with Crippen LogP contribution in [0, 0.1) is 6.92 Å². The second-order valence-corrected chi connectivity index (χ2v) is 7.36. The first-order chi connectivity index (χ1) is 11.0. The van der Waals surface area contributed by atoms with E-state index < -0.39 is 0 Å². The molecule has 1 aromatic rings. The summed E-state index contributed by atoms with van der Waals surface area (Å²) in [5, 5.41) is 10.0. The molecule has 5 heteroatoms. The number of nitrogens with zero attached hydrogens (tertiary/aromatic N) is 1. The molecule has 0 spiro atoms. The molecular weight excluding hydrogens is 310 g/mol. The summed E-state index contributed by atoms with van der Waals surface area (Å²) >= 11 is 1.87. The van der Waals surface area contributed by atoms with E-state index in [1.165, 1.54) is 0 Å². The molecule has 0 amide bonds. The summed E-state index contributed by atoms with van der Waals surface area (Å²) in [5.74, 6) is 2.19. The predicted molar refractivity (Wildman–Crippen MR) is 97.0 cm³/mol. The fourth-order valence-electron chi connectivity index (χ4n) is 3.13. The van der Waals surface area contributed by atoms with Crippen molar-refractivity contribution in [1.29, 1.82) is 0 Å². The number of hydrogen-bond donors (Lipinski definition) is 1. The van der Waals surface area contributed by atoms with E-state index in [2.05, 4.69) is 11.2 Å². The Balaban J connectivity index is 2.46. The molecule has 0 bridgehead atoms. The molecule has 2 heterocycles. The Morgan fingerprint density at radius 3 is 2.61 bits per heavy atom. The molecule has 1 aliphatic rings. The van der Waals surface area contributed by atoms with E-state index >= 15 is 0 Å². The van der Waals surface area contributed by atoms with E-state index in [1.54, 1.807) is 6.08 Å². The third-order valence-electron chi connectivity index (χ3n) is 4.46. The number of piperidine rings is 1. The zero-order valence-electron chi connectivity index (χ0n) is 14.5. The van der Waals surface area contributed by atoms with Crippen molar-refractivity contribution in [2.45, 2.75) is 46.5 Å². The first-order valence-corrected chi connectivity index (χ1v) is 9.26. The topological polar surface area (TPSA) is 53.7 Å². The molecule has 0 aromatic carbocycles. The highest BCUT2D eigenvalue weighted by molar-refractivity contribution is 7.96.